The molecule has 29 heavy (non-hydrogen) atoms. The highest BCUT2D eigenvalue weighted by atomic mass is 32.2. The van der Waals surface area contributed by atoms with Crippen LogP contribution in [0.1, 0.15) is 5.56 Å². The number of para-hydroxylation sites is 1. The van der Waals surface area contributed by atoms with E-state index in [0.717, 1.165) is 28.4 Å². The highest BCUT2D eigenvalue weighted by molar-refractivity contribution is 8.04. The first-order valence-corrected chi connectivity index (χ1v) is 10.8. The minimum absolute atomic E-state index is 0.399. The Morgan fingerprint density at radius 2 is 1.76 bits per heavy atom. The fourth-order valence-corrected chi connectivity index (χ4v) is 4.90. The Morgan fingerprint density at radius 3 is 2.41 bits per heavy atom. The zero-order valence-corrected chi connectivity index (χ0v) is 16.9. The summed E-state index contributed by atoms with van der Waals surface area (Å²) in [6, 6.07) is 12.7. The predicted molar refractivity (Wildman–Crippen MR) is 114 cm³/mol. The largest absolute Gasteiger partial charge is 0.416 e. The lowest BCUT2D eigenvalue weighted by atomic mass is 10.1. The Hall–Kier alpha value is -2.14. The third kappa shape index (κ3) is 3.61. The fourth-order valence-electron chi connectivity index (χ4n) is 3.30. The van der Waals surface area contributed by atoms with Gasteiger partial charge in [0.25, 0.3) is 0 Å². The Kier molecular flexibility index (Phi) is 5.28. The molecule has 0 radical (unpaired) electrons. The molecule has 10 heteroatoms. The molecule has 2 aromatic carbocycles. The lowest BCUT2D eigenvalue weighted by molar-refractivity contribution is -0.137. The average molecular weight is 438 g/mol. The van der Waals surface area contributed by atoms with Crippen LogP contribution in [0.3, 0.4) is 0 Å². The van der Waals surface area contributed by atoms with Crippen molar-refractivity contribution in [3.8, 4) is 0 Å². The van der Waals surface area contributed by atoms with Crippen molar-refractivity contribution in [3.05, 3.63) is 64.8 Å². The summed E-state index contributed by atoms with van der Waals surface area (Å²) in [4.78, 5) is 9.10. The zero-order chi connectivity index (χ0) is 20.8. The Morgan fingerprint density at radius 1 is 1.07 bits per heavy atom. The van der Waals surface area contributed by atoms with Gasteiger partial charge in [0.05, 0.1) is 23.3 Å². The predicted octanol–water partition coefficient (Wildman–Crippen LogP) is 4.23. The van der Waals surface area contributed by atoms with E-state index in [1.54, 1.807) is 16.7 Å². The van der Waals surface area contributed by atoms with Crippen molar-refractivity contribution >= 4 is 41.2 Å². The van der Waals surface area contributed by atoms with Gasteiger partial charge < -0.3 is 21.3 Å². The van der Waals surface area contributed by atoms with E-state index < -0.39 is 23.4 Å². The number of nitrogens with zero attached hydrogens (tertiary/aromatic N) is 3. The lowest BCUT2D eigenvalue weighted by Gasteiger charge is -2.36. The van der Waals surface area contributed by atoms with E-state index in [9.17, 15) is 13.2 Å². The van der Waals surface area contributed by atoms with Gasteiger partial charge in [-0.15, -0.1) is 11.8 Å². The van der Waals surface area contributed by atoms with Crippen molar-refractivity contribution in [1.82, 2.24) is 0 Å². The maximum atomic E-state index is 12.9. The van der Waals surface area contributed by atoms with Crippen LogP contribution in [0.4, 0.5) is 24.5 Å². The van der Waals surface area contributed by atoms with E-state index in [1.807, 2.05) is 35.4 Å². The van der Waals surface area contributed by atoms with Crippen molar-refractivity contribution < 1.29 is 13.2 Å². The van der Waals surface area contributed by atoms with E-state index in [0.29, 0.717) is 10.7 Å². The molecule has 2 aliphatic rings. The van der Waals surface area contributed by atoms with Gasteiger partial charge >= 0.3 is 6.18 Å². The summed E-state index contributed by atoms with van der Waals surface area (Å²) in [5.41, 5.74) is 14.0. The molecule has 2 heterocycles. The molecule has 2 atom stereocenters. The monoisotopic (exact) mass is 437 g/mol. The third-order valence-electron chi connectivity index (χ3n) is 4.68. The Bertz CT molecular complexity index is 975. The molecule has 5 nitrogen and oxygen atoms in total. The molecule has 0 saturated heterocycles. The maximum absolute atomic E-state index is 12.9. The van der Waals surface area contributed by atoms with Crippen molar-refractivity contribution in [2.75, 3.05) is 16.1 Å². The normalized spacial score (nSPS) is 21.7. The minimum atomic E-state index is -4.39. The molecule has 4 rings (SSSR count). The molecule has 0 saturated carbocycles. The molecule has 0 amide bonds. The lowest BCUT2D eigenvalue weighted by Crippen LogP contribution is -2.50. The summed E-state index contributed by atoms with van der Waals surface area (Å²) in [5.74, 6) is 0. The standard InChI is InChI=1S/C19H18F3N5S2/c1-28-14-5-3-2-4-13(14)27-15-16(23)26(10-25-17(15)29-18(27)24)12-8-6-11(7-9-12)19(20,21)22/h2-10,16,18H,23-24H2,1H3. The van der Waals surface area contributed by atoms with Crippen molar-refractivity contribution in [1.29, 1.82) is 0 Å². The minimum Gasteiger partial charge on any atom is -0.313 e. The van der Waals surface area contributed by atoms with Crippen LogP contribution in [-0.2, 0) is 6.18 Å². The van der Waals surface area contributed by atoms with Gasteiger partial charge in [0, 0.05) is 10.6 Å². The van der Waals surface area contributed by atoms with Gasteiger partial charge in [-0.25, -0.2) is 4.99 Å². The summed E-state index contributed by atoms with van der Waals surface area (Å²) < 4.78 is 38.6. The van der Waals surface area contributed by atoms with Crippen LogP contribution in [0.15, 0.2) is 69.1 Å². The van der Waals surface area contributed by atoms with Crippen LogP contribution in [0.25, 0.3) is 0 Å². The van der Waals surface area contributed by atoms with E-state index in [2.05, 4.69) is 4.99 Å². The summed E-state index contributed by atoms with van der Waals surface area (Å²) in [6.07, 6.45) is -1.51. The zero-order valence-electron chi connectivity index (χ0n) is 15.3. The Labute approximate surface area is 174 Å². The molecule has 2 aliphatic heterocycles. The Balaban J connectivity index is 1.69. The van der Waals surface area contributed by atoms with E-state index in [-0.39, 0.29) is 0 Å². The van der Waals surface area contributed by atoms with E-state index in [1.165, 1.54) is 30.2 Å². The number of hydrogen-bond donors (Lipinski definition) is 2. The molecule has 2 unspecified atom stereocenters. The fraction of sp³-hybridized carbons (Fsp3) is 0.211. The van der Waals surface area contributed by atoms with Crippen molar-refractivity contribution in [3.63, 3.8) is 0 Å². The summed E-state index contributed by atoms with van der Waals surface area (Å²) in [6.45, 7) is 0. The first-order valence-electron chi connectivity index (χ1n) is 8.65. The van der Waals surface area contributed by atoms with Gasteiger partial charge in [0.2, 0.25) is 0 Å². The number of rotatable bonds is 3. The van der Waals surface area contributed by atoms with Gasteiger partial charge in [-0.2, -0.15) is 13.2 Å². The van der Waals surface area contributed by atoms with Crippen LogP contribution >= 0.6 is 23.5 Å². The number of nitrogens with two attached hydrogens (primary N) is 2. The molecule has 0 fully saturated rings. The summed E-state index contributed by atoms with van der Waals surface area (Å²) >= 11 is 3.00. The van der Waals surface area contributed by atoms with Gasteiger partial charge in [-0.05, 0) is 42.7 Å². The first-order chi connectivity index (χ1) is 13.8. The molecule has 0 bridgehead atoms. The van der Waals surface area contributed by atoms with Crippen molar-refractivity contribution in [2.45, 2.75) is 22.7 Å². The number of thioether (sulfide) groups is 2. The second kappa shape index (κ2) is 7.60. The van der Waals surface area contributed by atoms with Crippen LogP contribution in [-0.4, -0.2) is 24.3 Å². The van der Waals surface area contributed by atoms with Crippen LogP contribution in [0.2, 0.25) is 0 Å². The first kappa shape index (κ1) is 20.1. The molecule has 152 valence electrons. The highest BCUT2D eigenvalue weighted by Gasteiger charge is 2.40. The SMILES string of the molecule is CSc1ccccc1N1C2=C(N=CN(c3ccc(C(F)(F)F)cc3)C2N)SC1N. The van der Waals surface area contributed by atoms with Gasteiger partial charge in [-0.1, -0.05) is 23.9 Å². The molecular formula is C19H18F3N5S2. The quantitative estimate of drug-likeness (QED) is 0.701. The van der Waals surface area contributed by atoms with Crippen LogP contribution in [0, 0.1) is 0 Å². The number of halogens is 3. The van der Waals surface area contributed by atoms with Gasteiger partial charge in [0.15, 0.2) is 0 Å². The maximum Gasteiger partial charge on any atom is 0.416 e. The molecule has 0 aliphatic carbocycles. The molecule has 2 aromatic rings. The number of alkyl halides is 3. The average Bonchev–Trinajstić information content (AvgIpc) is 3.04. The topological polar surface area (TPSA) is 70.9 Å². The smallest absolute Gasteiger partial charge is 0.313 e. The molecular weight excluding hydrogens is 419 g/mol. The number of anilines is 2. The van der Waals surface area contributed by atoms with Crippen molar-refractivity contribution in [2.24, 2.45) is 16.5 Å². The molecule has 4 N–H and O–H groups in total. The molecule has 0 aromatic heterocycles. The van der Waals surface area contributed by atoms with Gasteiger partial charge in [-0.3, -0.25) is 0 Å². The van der Waals surface area contributed by atoms with Gasteiger partial charge in [0.1, 0.15) is 16.7 Å². The number of aliphatic imine (C=N–C) groups is 1. The second-order valence-electron chi connectivity index (χ2n) is 6.38. The summed E-state index contributed by atoms with van der Waals surface area (Å²) in [5, 5.41) is 0.712. The van der Waals surface area contributed by atoms with E-state index >= 15 is 0 Å². The second-order valence-corrected chi connectivity index (χ2v) is 8.34. The number of hydrogen-bond acceptors (Lipinski definition) is 7. The van der Waals surface area contributed by atoms with E-state index in [4.69, 9.17) is 11.5 Å². The highest BCUT2D eigenvalue weighted by Crippen LogP contribution is 2.45. The molecule has 0 spiro atoms. The van der Waals surface area contributed by atoms with Crippen LogP contribution < -0.4 is 21.3 Å². The van der Waals surface area contributed by atoms with Crippen LogP contribution in [0.5, 0.6) is 0 Å². The third-order valence-corrected chi connectivity index (χ3v) is 6.46. The number of benzene rings is 2. The summed E-state index contributed by atoms with van der Waals surface area (Å²) in [7, 11) is 0.